The second kappa shape index (κ2) is 5.32. The van der Waals surface area contributed by atoms with Crippen LogP contribution in [0.5, 0.6) is 0 Å². The summed E-state index contributed by atoms with van der Waals surface area (Å²) in [6, 6.07) is 10.0. The third-order valence-electron chi connectivity index (χ3n) is 3.21. The second-order valence-corrected chi connectivity index (χ2v) is 4.72. The molecule has 3 heteroatoms. The van der Waals surface area contributed by atoms with Gasteiger partial charge < -0.3 is 9.64 Å². The minimum Gasteiger partial charge on any atom is -0.369 e. The molecule has 0 heterocycles. The van der Waals surface area contributed by atoms with E-state index in [1.807, 2.05) is 37.3 Å². The molecule has 0 bridgehead atoms. The number of hydrogen-bond donors (Lipinski definition) is 0. The van der Waals surface area contributed by atoms with Gasteiger partial charge in [0.1, 0.15) is 5.60 Å². The van der Waals surface area contributed by atoms with E-state index in [9.17, 15) is 4.79 Å². The Morgan fingerprint density at radius 2 is 1.82 bits per heavy atom. The fourth-order valence-electron chi connectivity index (χ4n) is 1.64. The van der Waals surface area contributed by atoms with Crippen molar-refractivity contribution >= 4 is 5.91 Å². The molecule has 3 nitrogen and oxygen atoms in total. The molecule has 94 valence electrons. The molecule has 1 rings (SSSR count). The Morgan fingerprint density at radius 3 is 2.29 bits per heavy atom. The standard InChI is InChI=1S/C14H21NO2/c1-11(12-9-7-6-8-10-12)15(4)13(16)14(2,3)17-5/h6-11H,1-5H3/t11-/m0/s1. The smallest absolute Gasteiger partial charge is 0.254 e. The third kappa shape index (κ3) is 3.07. The fourth-order valence-corrected chi connectivity index (χ4v) is 1.64. The average molecular weight is 235 g/mol. The van der Waals surface area contributed by atoms with Crippen molar-refractivity contribution in [2.24, 2.45) is 0 Å². The second-order valence-electron chi connectivity index (χ2n) is 4.72. The Bertz CT molecular complexity index is 373. The van der Waals surface area contributed by atoms with Crippen molar-refractivity contribution in [2.75, 3.05) is 14.2 Å². The lowest BCUT2D eigenvalue weighted by atomic mass is 10.0. The summed E-state index contributed by atoms with van der Waals surface area (Å²) in [6.07, 6.45) is 0. The summed E-state index contributed by atoms with van der Waals surface area (Å²) in [5.41, 5.74) is 0.341. The first-order valence-electron chi connectivity index (χ1n) is 5.77. The fraction of sp³-hybridized carbons (Fsp3) is 0.500. The van der Waals surface area contributed by atoms with Gasteiger partial charge in [-0.15, -0.1) is 0 Å². The van der Waals surface area contributed by atoms with Gasteiger partial charge in [0.15, 0.2) is 0 Å². The first kappa shape index (κ1) is 13.7. The summed E-state index contributed by atoms with van der Waals surface area (Å²) in [4.78, 5) is 13.9. The summed E-state index contributed by atoms with van der Waals surface area (Å²) < 4.78 is 5.22. The van der Waals surface area contributed by atoms with Crippen LogP contribution in [-0.2, 0) is 9.53 Å². The lowest BCUT2D eigenvalue weighted by Crippen LogP contribution is -2.45. The number of ether oxygens (including phenoxy) is 1. The first-order valence-corrected chi connectivity index (χ1v) is 5.77. The van der Waals surface area contributed by atoms with Crippen molar-refractivity contribution in [1.82, 2.24) is 4.90 Å². The Hall–Kier alpha value is -1.35. The summed E-state index contributed by atoms with van der Waals surface area (Å²) in [6.45, 7) is 5.58. The number of carbonyl (C=O) groups is 1. The van der Waals surface area contributed by atoms with Crippen LogP contribution in [0.1, 0.15) is 32.4 Å². The Kier molecular flexibility index (Phi) is 4.29. The van der Waals surface area contributed by atoms with Crippen molar-refractivity contribution in [1.29, 1.82) is 0 Å². The van der Waals surface area contributed by atoms with E-state index in [2.05, 4.69) is 0 Å². The highest BCUT2D eigenvalue weighted by molar-refractivity contribution is 5.84. The first-order chi connectivity index (χ1) is 7.90. The van der Waals surface area contributed by atoms with E-state index in [4.69, 9.17) is 4.74 Å². The Morgan fingerprint density at radius 1 is 1.29 bits per heavy atom. The number of hydrogen-bond acceptors (Lipinski definition) is 2. The quantitative estimate of drug-likeness (QED) is 0.803. The zero-order valence-corrected chi connectivity index (χ0v) is 11.2. The third-order valence-corrected chi connectivity index (χ3v) is 3.21. The molecule has 0 saturated heterocycles. The highest BCUT2D eigenvalue weighted by Gasteiger charge is 2.32. The van der Waals surface area contributed by atoms with Gasteiger partial charge in [0.05, 0.1) is 6.04 Å². The molecule has 0 saturated carbocycles. The summed E-state index contributed by atoms with van der Waals surface area (Å²) >= 11 is 0. The molecular formula is C14H21NO2. The number of carbonyl (C=O) groups excluding carboxylic acids is 1. The molecule has 0 aliphatic carbocycles. The molecule has 1 atom stereocenters. The molecule has 0 spiro atoms. The van der Waals surface area contributed by atoms with Crippen LogP contribution in [-0.4, -0.2) is 30.6 Å². The summed E-state index contributed by atoms with van der Waals surface area (Å²) in [5.74, 6) is -0.0173. The monoisotopic (exact) mass is 235 g/mol. The molecule has 0 aliphatic rings. The van der Waals surface area contributed by atoms with Crippen LogP contribution in [0.15, 0.2) is 30.3 Å². The van der Waals surface area contributed by atoms with E-state index in [0.717, 1.165) is 5.56 Å². The average Bonchev–Trinajstić information content (AvgIpc) is 2.37. The number of likely N-dealkylation sites (N-methyl/N-ethyl adjacent to an activating group) is 1. The zero-order chi connectivity index (χ0) is 13.1. The van der Waals surface area contributed by atoms with Crippen LogP contribution < -0.4 is 0 Å². The van der Waals surface area contributed by atoms with Gasteiger partial charge in [0.2, 0.25) is 0 Å². The molecule has 0 aliphatic heterocycles. The van der Waals surface area contributed by atoms with Gasteiger partial charge in [-0.1, -0.05) is 30.3 Å². The maximum Gasteiger partial charge on any atom is 0.254 e. The van der Waals surface area contributed by atoms with Gasteiger partial charge in [-0.2, -0.15) is 0 Å². The van der Waals surface area contributed by atoms with E-state index in [1.54, 1.807) is 32.9 Å². The highest BCUT2D eigenvalue weighted by atomic mass is 16.5. The predicted molar refractivity (Wildman–Crippen MR) is 68.7 cm³/mol. The van der Waals surface area contributed by atoms with E-state index < -0.39 is 5.60 Å². The van der Waals surface area contributed by atoms with Crippen LogP contribution in [0.2, 0.25) is 0 Å². The van der Waals surface area contributed by atoms with Crippen molar-refractivity contribution in [2.45, 2.75) is 32.4 Å². The van der Waals surface area contributed by atoms with Gasteiger partial charge in [-0.25, -0.2) is 0 Å². The lowest BCUT2D eigenvalue weighted by molar-refractivity contribution is -0.151. The van der Waals surface area contributed by atoms with Crippen LogP contribution in [0.4, 0.5) is 0 Å². The molecule has 1 amide bonds. The van der Waals surface area contributed by atoms with Gasteiger partial charge >= 0.3 is 0 Å². The predicted octanol–water partition coefficient (Wildman–Crippen LogP) is 2.63. The number of amides is 1. The molecular weight excluding hydrogens is 214 g/mol. The topological polar surface area (TPSA) is 29.5 Å². The largest absolute Gasteiger partial charge is 0.369 e. The summed E-state index contributed by atoms with van der Waals surface area (Å²) in [5, 5.41) is 0. The van der Waals surface area contributed by atoms with Gasteiger partial charge in [0.25, 0.3) is 5.91 Å². The van der Waals surface area contributed by atoms with Crippen molar-refractivity contribution in [3.8, 4) is 0 Å². The molecule has 0 unspecified atom stereocenters. The SMILES string of the molecule is COC(C)(C)C(=O)N(C)[C@@H](C)c1ccccc1. The zero-order valence-electron chi connectivity index (χ0n) is 11.2. The van der Waals surface area contributed by atoms with Crippen molar-refractivity contribution in [3.63, 3.8) is 0 Å². The molecule has 17 heavy (non-hydrogen) atoms. The number of methoxy groups -OCH3 is 1. The molecule has 1 aromatic carbocycles. The maximum absolute atomic E-state index is 12.2. The molecule has 0 fully saturated rings. The highest BCUT2D eigenvalue weighted by Crippen LogP contribution is 2.22. The van der Waals surface area contributed by atoms with Crippen LogP contribution in [0.25, 0.3) is 0 Å². The van der Waals surface area contributed by atoms with E-state index in [0.29, 0.717) is 0 Å². The number of nitrogens with zero attached hydrogens (tertiary/aromatic N) is 1. The number of benzene rings is 1. The lowest BCUT2D eigenvalue weighted by Gasteiger charge is -2.32. The van der Waals surface area contributed by atoms with Crippen LogP contribution >= 0.6 is 0 Å². The van der Waals surface area contributed by atoms with Gasteiger partial charge in [0, 0.05) is 14.2 Å². The van der Waals surface area contributed by atoms with Crippen molar-refractivity contribution < 1.29 is 9.53 Å². The summed E-state index contributed by atoms with van der Waals surface area (Å²) in [7, 11) is 3.36. The molecule has 0 N–H and O–H groups in total. The minimum absolute atomic E-state index is 0.0173. The Balaban J connectivity index is 2.84. The number of rotatable bonds is 4. The molecule has 1 aromatic rings. The maximum atomic E-state index is 12.2. The Labute approximate surface area is 103 Å². The minimum atomic E-state index is -0.780. The van der Waals surface area contributed by atoms with Crippen LogP contribution in [0.3, 0.4) is 0 Å². The molecule has 0 aromatic heterocycles. The van der Waals surface area contributed by atoms with Gasteiger partial charge in [-0.05, 0) is 26.3 Å². The van der Waals surface area contributed by atoms with Crippen LogP contribution in [0, 0.1) is 0 Å². The van der Waals surface area contributed by atoms with E-state index in [-0.39, 0.29) is 11.9 Å². The van der Waals surface area contributed by atoms with E-state index in [1.165, 1.54) is 0 Å². The molecule has 0 radical (unpaired) electrons. The van der Waals surface area contributed by atoms with E-state index >= 15 is 0 Å². The van der Waals surface area contributed by atoms with Gasteiger partial charge in [-0.3, -0.25) is 4.79 Å². The van der Waals surface area contributed by atoms with Crippen molar-refractivity contribution in [3.05, 3.63) is 35.9 Å². The normalized spacial score (nSPS) is 13.2.